The van der Waals surface area contributed by atoms with Crippen LogP contribution in [0.15, 0.2) is 0 Å². The normalized spacial score (nSPS) is 12.2. The molecule has 0 saturated carbocycles. The van der Waals surface area contributed by atoms with E-state index in [0.29, 0.717) is 6.42 Å². The van der Waals surface area contributed by atoms with Crippen LogP contribution in [0.25, 0.3) is 0 Å². The number of hydrogen-bond acceptors (Lipinski definition) is 11. The predicted molar refractivity (Wildman–Crippen MR) is 126 cm³/mol. The van der Waals surface area contributed by atoms with Crippen molar-refractivity contribution in [2.75, 3.05) is 24.7 Å². The summed E-state index contributed by atoms with van der Waals surface area (Å²) in [5, 5.41) is 0. The molecule has 37 heavy (non-hydrogen) atoms. The summed E-state index contributed by atoms with van der Waals surface area (Å²) in [6.07, 6.45) is 14.7. The summed E-state index contributed by atoms with van der Waals surface area (Å²) >= 11 is 0. The van der Waals surface area contributed by atoms with Gasteiger partial charge in [0.15, 0.2) is 6.61 Å². The van der Waals surface area contributed by atoms with Crippen molar-refractivity contribution < 1.29 is 109 Å². The molecule has 0 aliphatic carbocycles. The van der Waals surface area contributed by atoms with E-state index in [-0.39, 0.29) is 65.7 Å². The van der Waals surface area contributed by atoms with Crippen LogP contribution in [0.4, 0.5) is 0 Å². The molecule has 0 radical (unpaired) electrons. The van der Waals surface area contributed by atoms with Gasteiger partial charge >= 0.3 is 71.1 Å². The molecular weight excluding hydrogens is 550 g/mol. The quantitative estimate of drug-likeness (QED) is 0.0390. The number of hydrogen-bond donors (Lipinski definition) is 0. The minimum Gasteiger partial charge on any atom is -0.748 e. The van der Waals surface area contributed by atoms with Crippen molar-refractivity contribution in [3.8, 4) is 0 Å². The van der Waals surface area contributed by atoms with Crippen LogP contribution in [0.2, 0.25) is 0 Å². The average Bonchev–Trinajstić information content (AvgIpc) is 2.72. The van der Waals surface area contributed by atoms with E-state index in [1.807, 2.05) is 0 Å². The topological polar surface area (TPSA) is 176 Å². The molecule has 0 heterocycles. The minimum atomic E-state index is -4.88. The third-order valence-electron chi connectivity index (χ3n) is 5.03. The second-order valence-electron chi connectivity index (χ2n) is 8.47. The van der Waals surface area contributed by atoms with E-state index in [1.165, 1.54) is 57.8 Å². The number of unbranched alkanes of at least 4 members (excludes halogenated alkanes) is 13. The maximum absolute atomic E-state index is 11.5. The molecule has 0 fully saturated rings. The van der Waals surface area contributed by atoms with E-state index in [4.69, 9.17) is 4.74 Å². The van der Waals surface area contributed by atoms with Gasteiger partial charge in [0.05, 0.1) is 6.61 Å². The van der Waals surface area contributed by atoms with Crippen molar-refractivity contribution in [1.82, 2.24) is 0 Å². The third kappa shape index (κ3) is 32.8. The Kier molecular flexibility index (Phi) is 29.3. The molecule has 1 atom stereocenters. The summed E-state index contributed by atoms with van der Waals surface area (Å²) in [5.41, 5.74) is 0. The maximum Gasteiger partial charge on any atom is 1.00 e. The van der Waals surface area contributed by atoms with Crippen molar-refractivity contribution >= 4 is 32.2 Å². The van der Waals surface area contributed by atoms with Gasteiger partial charge in [0, 0.05) is 0 Å². The van der Waals surface area contributed by atoms with Crippen LogP contribution in [-0.4, -0.2) is 68.9 Å². The molecule has 0 saturated heterocycles. The van der Waals surface area contributed by atoms with Crippen molar-refractivity contribution in [2.45, 2.75) is 103 Å². The Morgan fingerprint density at radius 1 is 0.649 bits per heavy atom. The molecule has 0 rings (SSSR count). The Balaban J connectivity index is -0.00000578. The number of ether oxygens (including phenoxy) is 3. The summed E-state index contributed by atoms with van der Waals surface area (Å²) in [6, 6.07) is 0. The standard InChI is InChI=1S/C22H42O11S2.2Na/c1-2-3-4-5-6-7-8-9-10-11-12-13-14-15-16-31-22(33-21(24)19-35(28,29)30)17-32-20(23)18-34(25,26)27;;/h22H,2-19H2,1H3,(H,25,26,27)(H,28,29,30);;/q;2*+1/p-2. The van der Waals surface area contributed by atoms with Gasteiger partial charge in [0.25, 0.3) is 0 Å². The van der Waals surface area contributed by atoms with Crippen molar-refractivity contribution in [2.24, 2.45) is 0 Å². The van der Waals surface area contributed by atoms with E-state index in [1.54, 1.807) is 0 Å². The minimum absolute atomic E-state index is 0. The Hall–Kier alpha value is 0.720. The summed E-state index contributed by atoms with van der Waals surface area (Å²) in [6.45, 7) is 1.56. The second kappa shape index (κ2) is 25.7. The molecule has 0 aliphatic heterocycles. The van der Waals surface area contributed by atoms with Gasteiger partial charge in [-0.15, -0.1) is 0 Å². The Morgan fingerprint density at radius 3 is 1.43 bits per heavy atom. The molecule has 0 N–H and O–H groups in total. The van der Waals surface area contributed by atoms with Crippen LogP contribution in [0, 0.1) is 0 Å². The SMILES string of the molecule is CCCCCCCCCCCCCCCCOC(COC(=O)CS(=O)(=O)[O-])OC(=O)CS(=O)(=O)[O-].[Na+].[Na+]. The van der Waals surface area contributed by atoms with Gasteiger partial charge < -0.3 is 23.3 Å². The first-order valence-corrected chi connectivity index (χ1v) is 15.4. The van der Waals surface area contributed by atoms with Crippen LogP contribution >= 0.6 is 0 Å². The fraction of sp³-hybridized carbons (Fsp3) is 0.909. The molecule has 0 amide bonds. The van der Waals surface area contributed by atoms with Crippen LogP contribution < -0.4 is 59.1 Å². The Bertz CT molecular complexity index is 790. The molecule has 208 valence electrons. The monoisotopic (exact) mass is 590 g/mol. The van der Waals surface area contributed by atoms with E-state index in [2.05, 4.69) is 16.4 Å². The van der Waals surface area contributed by atoms with Crippen molar-refractivity contribution in [3.63, 3.8) is 0 Å². The molecule has 0 aliphatic rings. The summed E-state index contributed by atoms with van der Waals surface area (Å²) in [4.78, 5) is 22.9. The van der Waals surface area contributed by atoms with Crippen LogP contribution in [0.3, 0.4) is 0 Å². The fourth-order valence-electron chi connectivity index (χ4n) is 3.30. The van der Waals surface area contributed by atoms with Crippen molar-refractivity contribution in [3.05, 3.63) is 0 Å². The summed E-state index contributed by atoms with van der Waals surface area (Å²) in [7, 11) is -9.74. The molecule has 15 heteroatoms. The van der Waals surface area contributed by atoms with Crippen LogP contribution in [0.5, 0.6) is 0 Å². The molecule has 0 aromatic rings. The molecular formula is C22H40Na2O11S2. The fourth-order valence-corrected chi connectivity index (χ4v) is 4.03. The molecule has 0 aromatic heterocycles. The molecule has 0 aromatic carbocycles. The van der Waals surface area contributed by atoms with Crippen LogP contribution in [-0.2, 0) is 44.0 Å². The van der Waals surface area contributed by atoms with Crippen molar-refractivity contribution in [1.29, 1.82) is 0 Å². The van der Waals surface area contributed by atoms with Gasteiger partial charge in [-0.3, -0.25) is 9.59 Å². The average molecular weight is 591 g/mol. The van der Waals surface area contributed by atoms with Gasteiger partial charge in [0.1, 0.15) is 31.7 Å². The van der Waals surface area contributed by atoms with Gasteiger partial charge in [-0.1, -0.05) is 90.4 Å². The van der Waals surface area contributed by atoms with Gasteiger partial charge in [-0.05, 0) is 6.42 Å². The zero-order valence-electron chi connectivity index (χ0n) is 22.6. The summed E-state index contributed by atoms with van der Waals surface area (Å²) in [5.74, 6) is -5.63. The van der Waals surface area contributed by atoms with Gasteiger partial charge in [0.2, 0.25) is 6.29 Å². The first-order chi connectivity index (χ1) is 16.4. The molecule has 11 nitrogen and oxygen atoms in total. The zero-order valence-corrected chi connectivity index (χ0v) is 28.2. The first kappa shape index (κ1) is 42.2. The number of esters is 2. The van der Waals surface area contributed by atoms with E-state index in [9.17, 15) is 35.5 Å². The first-order valence-electron chi connectivity index (χ1n) is 12.3. The van der Waals surface area contributed by atoms with Gasteiger partial charge in [-0.2, -0.15) is 0 Å². The number of carbonyl (C=O) groups excluding carboxylic acids is 2. The number of carbonyl (C=O) groups is 2. The largest absolute Gasteiger partial charge is 1.00 e. The van der Waals surface area contributed by atoms with E-state index in [0.717, 1.165) is 25.7 Å². The zero-order chi connectivity index (χ0) is 26.6. The molecule has 1 unspecified atom stereocenters. The Labute approximate surface area is 266 Å². The molecule has 0 bridgehead atoms. The molecule has 0 spiro atoms. The maximum atomic E-state index is 11.5. The van der Waals surface area contributed by atoms with E-state index < -0.39 is 56.6 Å². The van der Waals surface area contributed by atoms with Crippen LogP contribution in [0.1, 0.15) is 96.8 Å². The number of rotatable bonds is 23. The smallest absolute Gasteiger partial charge is 0.748 e. The van der Waals surface area contributed by atoms with E-state index >= 15 is 0 Å². The predicted octanol–water partition coefficient (Wildman–Crippen LogP) is -3.00. The third-order valence-corrected chi connectivity index (χ3v) is 6.21. The summed E-state index contributed by atoms with van der Waals surface area (Å²) < 4.78 is 78.2. The van der Waals surface area contributed by atoms with Gasteiger partial charge in [-0.25, -0.2) is 16.8 Å². The Morgan fingerprint density at radius 2 is 1.03 bits per heavy atom. The second-order valence-corrected chi connectivity index (χ2v) is 11.3.